The molecule has 0 aromatic rings. The highest BCUT2D eigenvalue weighted by molar-refractivity contribution is 7.92. The van der Waals surface area contributed by atoms with E-state index in [1.165, 1.54) is 0 Å². The number of hydrogen-bond donors (Lipinski definition) is 2. The van der Waals surface area contributed by atoms with E-state index in [1.54, 1.807) is 13.8 Å². The lowest BCUT2D eigenvalue weighted by Gasteiger charge is -2.35. The monoisotopic (exact) mass is 249 g/mol. The van der Waals surface area contributed by atoms with Gasteiger partial charge in [-0.1, -0.05) is 0 Å². The van der Waals surface area contributed by atoms with Crippen LogP contribution in [-0.4, -0.2) is 63.1 Å². The van der Waals surface area contributed by atoms with E-state index in [0.717, 1.165) is 19.6 Å². The van der Waals surface area contributed by atoms with Gasteiger partial charge >= 0.3 is 0 Å². The van der Waals surface area contributed by atoms with E-state index < -0.39 is 9.84 Å². The van der Waals surface area contributed by atoms with Gasteiger partial charge in [0.2, 0.25) is 0 Å². The summed E-state index contributed by atoms with van der Waals surface area (Å²) in [6, 6.07) is 0.274. The number of hydrogen-bond acceptors (Lipinski definition) is 5. The summed E-state index contributed by atoms with van der Waals surface area (Å²) >= 11 is 0. The topological polar surface area (TPSA) is 75.4 Å². The molecule has 0 aromatic heterocycles. The molecule has 96 valence electrons. The SMILES string of the molecule is CC(C)S(=O)(=O)CCN1CCNCC1CN. The third kappa shape index (κ3) is 3.69. The zero-order chi connectivity index (χ0) is 12.2. The third-order valence-electron chi connectivity index (χ3n) is 3.13. The molecule has 6 heteroatoms. The van der Waals surface area contributed by atoms with Crippen LogP contribution in [0.1, 0.15) is 13.8 Å². The minimum atomic E-state index is -2.93. The highest BCUT2D eigenvalue weighted by Crippen LogP contribution is 2.05. The van der Waals surface area contributed by atoms with Gasteiger partial charge in [-0.25, -0.2) is 8.42 Å². The van der Waals surface area contributed by atoms with Crippen LogP contribution in [0.3, 0.4) is 0 Å². The number of nitrogens with zero attached hydrogens (tertiary/aromatic N) is 1. The van der Waals surface area contributed by atoms with Gasteiger partial charge in [0.15, 0.2) is 9.84 Å². The van der Waals surface area contributed by atoms with Crippen LogP contribution in [0.2, 0.25) is 0 Å². The summed E-state index contributed by atoms with van der Waals surface area (Å²) in [5.74, 6) is 0.237. The molecular formula is C10H23N3O2S. The molecule has 5 nitrogen and oxygen atoms in total. The van der Waals surface area contributed by atoms with Crippen LogP contribution in [-0.2, 0) is 9.84 Å². The molecule has 1 aliphatic rings. The molecule has 0 bridgehead atoms. The van der Waals surface area contributed by atoms with Crippen LogP contribution < -0.4 is 11.1 Å². The second-order valence-corrected chi connectivity index (χ2v) is 7.22. The van der Waals surface area contributed by atoms with Crippen molar-refractivity contribution in [2.45, 2.75) is 25.1 Å². The fraction of sp³-hybridized carbons (Fsp3) is 1.00. The average molecular weight is 249 g/mol. The highest BCUT2D eigenvalue weighted by Gasteiger charge is 2.23. The van der Waals surface area contributed by atoms with E-state index >= 15 is 0 Å². The van der Waals surface area contributed by atoms with Gasteiger partial charge in [-0.05, 0) is 13.8 Å². The van der Waals surface area contributed by atoms with Crippen molar-refractivity contribution < 1.29 is 8.42 Å². The highest BCUT2D eigenvalue weighted by atomic mass is 32.2. The smallest absolute Gasteiger partial charge is 0.153 e. The van der Waals surface area contributed by atoms with Crippen molar-refractivity contribution in [3.05, 3.63) is 0 Å². The van der Waals surface area contributed by atoms with Gasteiger partial charge in [0, 0.05) is 38.8 Å². The Morgan fingerprint density at radius 2 is 2.19 bits per heavy atom. The molecule has 0 saturated carbocycles. The summed E-state index contributed by atoms with van der Waals surface area (Å²) < 4.78 is 23.4. The lowest BCUT2D eigenvalue weighted by Crippen LogP contribution is -2.55. The second-order valence-electron chi connectivity index (χ2n) is 4.55. The molecular weight excluding hydrogens is 226 g/mol. The molecule has 1 saturated heterocycles. The third-order valence-corrected chi connectivity index (χ3v) is 5.31. The molecule has 3 N–H and O–H groups in total. The molecule has 0 amide bonds. The standard InChI is InChI=1S/C10H23N3O2S/c1-9(2)16(14,15)6-5-13-4-3-12-8-10(13)7-11/h9-10,12H,3-8,11H2,1-2H3. The molecule has 16 heavy (non-hydrogen) atoms. The van der Waals surface area contributed by atoms with Crippen LogP contribution in [0, 0.1) is 0 Å². The molecule has 1 fully saturated rings. The molecule has 1 aliphatic heterocycles. The minimum absolute atomic E-state index is 0.237. The molecule has 0 aliphatic carbocycles. The van der Waals surface area contributed by atoms with E-state index in [9.17, 15) is 8.42 Å². The maximum Gasteiger partial charge on any atom is 0.153 e. The Kier molecular flexibility index (Phi) is 5.17. The van der Waals surface area contributed by atoms with Gasteiger partial charge < -0.3 is 11.1 Å². The maximum absolute atomic E-state index is 11.7. The van der Waals surface area contributed by atoms with Crippen molar-refractivity contribution in [3.63, 3.8) is 0 Å². The van der Waals surface area contributed by atoms with Crippen molar-refractivity contribution in [1.29, 1.82) is 0 Å². The molecule has 0 aromatic carbocycles. The van der Waals surface area contributed by atoms with Crippen molar-refractivity contribution in [1.82, 2.24) is 10.2 Å². The van der Waals surface area contributed by atoms with Gasteiger partial charge in [-0.15, -0.1) is 0 Å². The summed E-state index contributed by atoms with van der Waals surface area (Å²) in [5.41, 5.74) is 5.66. The first-order chi connectivity index (χ1) is 7.47. The van der Waals surface area contributed by atoms with Crippen molar-refractivity contribution in [3.8, 4) is 0 Å². The first-order valence-electron chi connectivity index (χ1n) is 5.83. The van der Waals surface area contributed by atoms with E-state index in [1.807, 2.05) is 0 Å². The van der Waals surface area contributed by atoms with Crippen LogP contribution in [0.15, 0.2) is 0 Å². The fourth-order valence-electron chi connectivity index (χ4n) is 1.81. The number of rotatable bonds is 5. The van der Waals surface area contributed by atoms with Crippen molar-refractivity contribution >= 4 is 9.84 Å². The summed E-state index contributed by atoms with van der Waals surface area (Å²) in [4.78, 5) is 2.18. The number of nitrogens with two attached hydrogens (primary N) is 1. The Labute approximate surface area is 98.3 Å². The van der Waals surface area contributed by atoms with Crippen LogP contribution in [0.5, 0.6) is 0 Å². The lowest BCUT2D eigenvalue weighted by molar-refractivity contribution is 0.175. The Morgan fingerprint density at radius 1 is 1.50 bits per heavy atom. The van der Waals surface area contributed by atoms with Gasteiger partial charge in [0.1, 0.15) is 0 Å². The Morgan fingerprint density at radius 3 is 2.75 bits per heavy atom. The minimum Gasteiger partial charge on any atom is -0.329 e. The Hall–Kier alpha value is -0.170. The predicted octanol–water partition coefficient (Wildman–Crippen LogP) is -0.958. The molecule has 1 heterocycles. The average Bonchev–Trinajstić information content (AvgIpc) is 2.26. The zero-order valence-corrected chi connectivity index (χ0v) is 11.0. The van der Waals surface area contributed by atoms with Gasteiger partial charge in [0.05, 0.1) is 11.0 Å². The van der Waals surface area contributed by atoms with E-state index in [0.29, 0.717) is 13.1 Å². The molecule has 1 rings (SSSR count). The summed E-state index contributed by atoms with van der Waals surface area (Å²) in [6.07, 6.45) is 0. The number of sulfone groups is 1. The summed E-state index contributed by atoms with van der Waals surface area (Å²) in [7, 11) is -2.93. The molecule has 0 radical (unpaired) electrons. The van der Waals surface area contributed by atoms with E-state index in [4.69, 9.17) is 5.73 Å². The molecule has 1 unspecified atom stereocenters. The van der Waals surface area contributed by atoms with Gasteiger partial charge in [0.25, 0.3) is 0 Å². The largest absolute Gasteiger partial charge is 0.329 e. The summed E-state index contributed by atoms with van der Waals surface area (Å²) in [6.45, 7) is 7.30. The van der Waals surface area contributed by atoms with Crippen LogP contribution in [0.25, 0.3) is 0 Å². The first kappa shape index (κ1) is 13.9. The van der Waals surface area contributed by atoms with E-state index in [-0.39, 0.29) is 17.0 Å². The first-order valence-corrected chi connectivity index (χ1v) is 7.55. The van der Waals surface area contributed by atoms with Crippen LogP contribution >= 0.6 is 0 Å². The van der Waals surface area contributed by atoms with E-state index in [2.05, 4.69) is 10.2 Å². The van der Waals surface area contributed by atoms with Crippen molar-refractivity contribution in [2.24, 2.45) is 5.73 Å². The maximum atomic E-state index is 11.7. The normalized spacial score (nSPS) is 23.9. The predicted molar refractivity (Wildman–Crippen MR) is 66.2 cm³/mol. The van der Waals surface area contributed by atoms with Gasteiger partial charge in [-0.2, -0.15) is 0 Å². The molecule has 1 atom stereocenters. The zero-order valence-electron chi connectivity index (χ0n) is 10.1. The Balaban J connectivity index is 2.47. The molecule has 0 spiro atoms. The number of piperazine rings is 1. The van der Waals surface area contributed by atoms with Gasteiger partial charge in [-0.3, -0.25) is 4.90 Å². The lowest BCUT2D eigenvalue weighted by atomic mass is 10.2. The van der Waals surface area contributed by atoms with Crippen LogP contribution in [0.4, 0.5) is 0 Å². The fourth-order valence-corrected chi connectivity index (χ4v) is 2.77. The second kappa shape index (κ2) is 5.95. The number of nitrogens with one attached hydrogen (secondary N) is 1. The van der Waals surface area contributed by atoms with Crippen molar-refractivity contribution in [2.75, 3.05) is 38.5 Å². The quantitative estimate of drug-likeness (QED) is 0.656. The summed E-state index contributed by atoms with van der Waals surface area (Å²) in [5, 5.41) is 2.98. The Bertz CT molecular complexity index is 303.